The second-order valence-corrected chi connectivity index (χ2v) is 9.07. The maximum absolute atomic E-state index is 11.9. The van der Waals surface area contributed by atoms with Gasteiger partial charge in [0.1, 0.15) is 5.78 Å². The Morgan fingerprint density at radius 1 is 0.857 bits per heavy atom. The van der Waals surface area contributed by atoms with E-state index < -0.39 is 0 Å². The van der Waals surface area contributed by atoms with E-state index in [2.05, 4.69) is 53.7 Å². The second-order valence-electron chi connectivity index (χ2n) is 9.07. The van der Waals surface area contributed by atoms with Crippen LogP contribution >= 0.6 is 0 Å². The molecule has 1 nitrogen and oxygen atoms in total. The normalized spacial score (nSPS) is 25.1. The maximum atomic E-state index is 11.9. The highest BCUT2D eigenvalue weighted by atomic mass is 16.1. The van der Waals surface area contributed by atoms with Crippen LogP contribution in [0.2, 0.25) is 0 Å². The summed E-state index contributed by atoms with van der Waals surface area (Å²) in [6.45, 7) is 13.8. The van der Waals surface area contributed by atoms with Crippen LogP contribution in [0.15, 0.2) is 12.1 Å². The summed E-state index contributed by atoms with van der Waals surface area (Å²) in [6, 6.07) is 4.69. The van der Waals surface area contributed by atoms with Crippen molar-refractivity contribution in [1.29, 1.82) is 0 Å². The van der Waals surface area contributed by atoms with Gasteiger partial charge in [-0.25, -0.2) is 0 Å². The van der Waals surface area contributed by atoms with Crippen LogP contribution in [-0.2, 0) is 22.0 Å². The minimum Gasteiger partial charge on any atom is -0.300 e. The molecule has 0 spiro atoms. The Morgan fingerprint density at radius 2 is 1.43 bits per heavy atom. The first-order chi connectivity index (χ1) is 9.59. The van der Waals surface area contributed by atoms with Crippen LogP contribution in [-0.4, -0.2) is 5.78 Å². The van der Waals surface area contributed by atoms with Crippen LogP contribution in [0.4, 0.5) is 0 Å². The summed E-state index contributed by atoms with van der Waals surface area (Å²) >= 11 is 0. The Morgan fingerprint density at radius 3 is 2.00 bits per heavy atom. The van der Waals surface area contributed by atoms with Gasteiger partial charge in [0.15, 0.2) is 0 Å². The topological polar surface area (TPSA) is 17.1 Å². The minimum atomic E-state index is 0.154. The lowest BCUT2D eigenvalue weighted by Crippen LogP contribution is -2.20. The van der Waals surface area contributed by atoms with Crippen LogP contribution in [0.1, 0.15) is 82.6 Å². The summed E-state index contributed by atoms with van der Waals surface area (Å²) in [6.07, 6.45) is 2.68. The molecule has 0 N–H and O–H groups in total. The number of carbonyl (C=O) groups excluding carboxylic acids is 1. The van der Waals surface area contributed by atoms with Crippen molar-refractivity contribution >= 4 is 5.78 Å². The van der Waals surface area contributed by atoms with Crippen molar-refractivity contribution in [1.82, 2.24) is 0 Å². The van der Waals surface area contributed by atoms with E-state index in [0.717, 1.165) is 19.3 Å². The number of hydrogen-bond acceptors (Lipinski definition) is 1. The zero-order valence-corrected chi connectivity index (χ0v) is 14.3. The molecule has 21 heavy (non-hydrogen) atoms. The van der Waals surface area contributed by atoms with E-state index in [1.54, 1.807) is 5.56 Å². The predicted octanol–water partition coefficient (Wildman–Crippen LogP) is 4.90. The SMILES string of the molecule is CC(C)(C)c1ccc(C(C)(C)C)c2c1CC1CC(=O)CC21. The Balaban J connectivity index is 2.22. The van der Waals surface area contributed by atoms with Crippen LogP contribution < -0.4 is 0 Å². The Labute approximate surface area is 129 Å². The van der Waals surface area contributed by atoms with Gasteiger partial charge in [-0.05, 0) is 51.3 Å². The first-order valence-electron chi connectivity index (χ1n) is 8.27. The van der Waals surface area contributed by atoms with Crippen LogP contribution in [0.3, 0.4) is 0 Å². The van der Waals surface area contributed by atoms with Crippen molar-refractivity contribution in [2.75, 3.05) is 0 Å². The van der Waals surface area contributed by atoms with Gasteiger partial charge >= 0.3 is 0 Å². The summed E-state index contributed by atoms with van der Waals surface area (Å²) < 4.78 is 0. The van der Waals surface area contributed by atoms with E-state index >= 15 is 0 Å². The highest BCUT2D eigenvalue weighted by molar-refractivity contribution is 5.83. The molecule has 2 unspecified atom stereocenters. The largest absolute Gasteiger partial charge is 0.300 e. The quantitative estimate of drug-likeness (QED) is 0.662. The highest BCUT2D eigenvalue weighted by Crippen LogP contribution is 2.52. The van der Waals surface area contributed by atoms with E-state index in [1.807, 2.05) is 0 Å². The fourth-order valence-electron chi connectivity index (χ4n) is 4.41. The van der Waals surface area contributed by atoms with Crippen molar-refractivity contribution in [3.8, 4) is 0 Å². The van der Waals surface area contributed by atoms with E-state index in [4.69, 9.17) is 0 Å². The predicted molar refractivity (Wildman–Crippen MR) is 88.0 cm³/mol. The van der Waals surface area contributed by atoms with E-state index in [-0.39, 0.29) is 10.8 Å². The smallest absolute Gasteiger partial charge is 0.133 e. The number of Topliss-reactive ketones (excluding diaryl/α,β-unsaturated/α-hetero) is 1. The number of carbonyl (C=O) groups is 1. The van der Waals surface area contributed by atoms with Crippen LogP contribution in [0.5, 0.6) is 0 Å². The van der Waals surface area contributed by atoms with Gasteiger partial charge in [-0.2, -0.15) is 0 Å². The zero-order valence-electron chi connectivity index (χ0n) is 14.3. The van der Waals surface area contributed by atoms with E-state index in [9.17, 15) is 4.79 Å². The van der Waals surface area contributed by atoms with Crippen molar-refractivity contribution < 1.29 is 4.79 Å². The van der Waals surface area contributed by atoms with Crippen molar-refractivity contribution in [2.24, 2.45) is 5.92 Å². The van der Waals surface area contributed by atoms with Gasteiger partial charge in [0.25, 0.3) is 0 Å². The molecule has 0 heterocycles. The van der Waals surface area contributed by atoms with Crippen LogP contribution in [0.25, 0.3) is 0 Å². The molecule has 0 radical (unpaired) electrons. The number of ketones is 1. The van der Waals surface area contributed by atoms with Gasteiger partial charge in [0.05, 0.1) is 0 Å². The third-order valence-electron chi connectivity index (χ3n) is 5.32. The van der Waals surface area contributed by atoms with Crippen molar-refractivity contribution in [3.05, 3.63) is 34.4 Å². The molecule has 0 saturated heterocycles. The molecule has 1 saturated carbocycles. The van der Waals surface area contributed by atoms with E-state index in [0.29, 0.717) is 17.6 Å². The molecular weight excluding hydrogens is 256 g/mol. The summed E-state index contributed by atoms with van der Waals surface area (Å²) in [5, 5.41) is 0. The minimum absolute atomic E-state index is 0.154. The summed E-state index contributed by atoms with van der Waals surface area (Å²) in [5.41, 5.74) is 6.40. The number of fused-ring (bicyclic) bond motifs is 3. The molecule has 1 aromatic carbocycles. The molecule has 0 aromatic heterocycles. The fourth-order valence-corrected chi connectivity index (χ4v) is 4.41. The number of rotatable bonds is 0. The van der Waals surface area contributed by atoms with Gasteiger partial charge in [-0.3, -0.25) is 4.79 Å². The highest BCUT2D eigenvalue weighted by Gasteiger charge is 2.44. The molecule has 3 rings (SSSR count). The molecule has 0 aliphatic heterocycles. The number of hydrogen-bond donors (Lipinski definition) is 0. The first kappa shape index (κ1) is 14.8. The summed E-state index contributed by atoms with van der Waals surface area (Å²) in [4.78, 5) is 11.9. The maximum Gasteiger partial charge on any atom is 0.133 e. The molecular formula is C20H28O. The average Bonchev–Trinajstić information content (AvgIpc) is 2.80. The summed E-state index contributed by atoms with van der Waals surface area (Å²) in [7, 11) is 0. The summed E-state index contributed by atoms with van der Waals surface area (Å²) in [5.74, 6) is 1.53. The standard InChI is InChI=1S/C20H28O/c1-19(2,3)16-7-8-17(20(4,5)6)18-14-11-13(21)9-12(14)10-15(16)18/h7-8,12,14H,9-11H2,1-6H3. The van der Waals surface area contributed by atoms with Gasteiger partial charge in [0, 0.05) is 12.8 Å². The molecule has 1 aromatic rings. The zero-order chi connectivity index (χ0) is 15.6. The van der Waals surface area contributed by atoms with Gasteiger partial charge < -0.3 is 0 Å². The molecule has 0 amide bonds. The van der Waals surface area contributed by atoms with Gasteiger partial charge in [-0.15, -0.1) is 0 Å². The average molecular weight is 284 g/mol. The molecule has 0 bridgehead atoms. The number of benzene rings is 1. The van der Waals surface area contributed by atoms with Gasteiger partial charge in [0.2, 0.25) is 0 Å². The fraction of sp³-hybridized carbons (Fsp3) is 0.650. The Bertz CT molecular complexity index is 595. The molecule has 1 fully saturated rings. The van der Waals surface area contributed by atoms with Gasteiger partial charge in [-0.1, -0.05) is 53.7 Å². The van der Waals surface area contributed by atoms with Crippen LogP contribution in [0, 0.1) is 5.92 Å². The third-order valence-corrected chi connectivity index (χ3v) is 5.32. The Hall–Kier alpha value is -1.11. The molecule has 114 valence electrons. The monoisotopic (exact) mass is 284 g/mol. The molecule has 1 heteroatoms. The first-order valence-corrected chi connectivity index (χ1v) is 8.27. The molecule has 2 aliphatic rings. The van der Waals surface area contributed by atoms with E-state index in [1.165, 1.54) is 16.7 Å². The Kier molecular flexibility index (Phi) is 3.13. The second kappa shape index (κ2) is 4.44. The van der Waals surface area contributed by atoms with Crippen molar-refractivity contribution in [2.45, 2.75) is 77.6 Å². The third kappa shape index (κ3) is 2.35. The molecule has 2 atom stereocenters. The lowest BCUT2D eigenvalue weighted by Gasteiger charge is -2.29. The molecule has 2 aliphatic carbocycles. The van der Waals surface area contributed by atoms with Crippen molar-refractivity contribution in [3.63, 3.8) is 0 Å². The lowest BCUT2D eigenvalue weighted by atomic mass is 9.75. The lowest BCUT2D eigenvalue weighted by molar-refractivity contribution is -0.117.